The Labute approximate surface area is 359 Å². The Morgan fingerprint density at radius 2 is 0.661 bits per heavy atom. The Morgan fingerprint density at radius 3 is 1.21 bits per heavy atom. The van der Waals surface area contributed by atoms with Gasteiger partial charge in [0.05, 0.1) is 17.1 Å². The third-order valence-electron chi connectivity index (χ3n) is 12.2. The van der Waals surface area contributed by atoms with Crippen molar-refractivity contribution >= 4 is 0 Å². The van der Waals surface area contributed by atoms with E-state index >= 15 is 0 Å². The van der Waals surface area contributed by atoms with E-state index in [0.717, 1.165) is 50.5 Å². The van der Waals surface area contributed by atoms with Crippen molar-refractivity contribution in [1.29, 1.82) is 0 Å². The van der Waals surface area contributed by atoms with E-state index in [4.69, 9.17) is 24.9 Å². The van der Waals surface area contributed by atoms with E-state index in [0.29, 0.717) is 23.3 Å². The molecule has 3 aliphatic rings. The fourth-order valence-corrected chi connectivity index (χ4v) is 9.26. The number of hydrogen-bond donors (Lipinski definition) is 0. The zero-order valence-corrected chi connectivity index (χ0v) is 33.5. The van der Waals surface area contributed by atoms with Gasteiger partial charge in [-0.2, -0.15) is 0 Å². The Kier molecular flexibility index (Phi) is 8.52. The van der Waals surface area contributed by atoms with Crippen LogP contribution in [0.15, 0.2) is 206 Å². The molecule has 3 aromatic heterocycles. The van der Waals surface area contributed by atoms with Crippen molar-refractivity contribution in [2.75, 3.05) is 0 Å². The third-order valence-corrected chi connectivity index (χ3v) is 12.2. The molecule has 10 aromatic rings. The minimum Gasteiger partial charge on any atom is -0.255 e. The van der Waals surface area contributed by atoms with Crippen molar-refractivity contribution in [3.05, 3.63) is 240 Å². The second-order valence-electron chi connectivity index (χ2n) is 15.8. The number of nitrogens with zero attached hydrogens (tertiary/aromatic N) is 6. The molecule has 0 amide bonds. The lowest BCUT2D eigenvalue weighted by Crippen LogP contribution is -2.27. The fraction of sp³-hybridized carbons (Fsp3) is 0.0357. The zero-order valence-electron chi connectivity index (χ0n) is 33.5. The van der Waals surface area contributed by atoms with Gasteiger partial charge in [-0.05, 0) is 74.8 Å². The van der Waals surface area contributed by atoms with Crippen LogP contribution in [0.25, 0.3) is 79.3 Å². The van der Waals surface area contributed by atoms with Crippen LogP contribution in [0.3, 0.4) is 0 Å². The molecule has 62 heavy (non-hydrogen) atoms. The zero-order chi connectivity index (χ0) is 41.0. The summed E-state index contributed by atoms with van der Waals surface area (Å²) in [5, 5.41) is 0. The first-order valence-corrected chi connectivity index (χ1v) is 20.9. The van der Waals surface area contributed by atoms with Gasteiger partial charge in [-0.1, -0.05) is 170 Å². The highest BCUT2D eigenvalue weighted by Gasteiger charge is 2.41. The van der Waals surface area contributed by atoms with Gasteiger partial charge in [0.15, 0.2) is 23.3 Å². The van der Waals surface area contributed by atoms with Gasteiger partial charge in [-0.15, -0.1) is 0 Å². The van der Waals surface area contributed by atoms with Crippen molar-refractivity contribution in [1.82, 2.24) is 29.9 Å². The summed E-state index contributed by atoms with van der Waals surface area (Å²) < 4.78 is 0. The summed E-state index contributed by atoms with van der Waals surface area (Å²) in [5.41, 5.74) is 17.8. The molecule has 2 bridgehead atoms. The minimum atomic E-state index is 0.0893. The van der Waals surface area contributed by atoms with E-state index in [-0.39, 0.29) is 11.8 Å². The number of aromatic nitrogens is 6. The first kappa shape index (κ1) is 35.7. The van der Waals surface area contributed by atoms with Gasteiger partial charge >= 0.3 is 0 Å². The summed E-state index contributed by atoms with van der Waals surface area (Å²) in [6.45, 7) is 0. The van der Waals surface area contributed by atoms with Crippen LogP contribution in [-0.4, -0.2) is 29.9 Å². The van der Waals surface area contributed by atoms with Crippen LogP contribution < -0.4 is 0 Å². The lowest BCUT2D eigenvalue weighted by Gasteiger charge is -2.42. The lowest BCUT2D eigenvalue weighted by molar-refractivity contribution is 0.755. The van der Waals surface area contributed by atoms with Gasteiger partial charge in [-0.25, -0.2) is 24.9 Å². The summed E-state index contributed by atoms with van der Waals surface area (Å²) in [6.07, 6.45) is 1.80. The maximum atomic E-state index is 5.07. The standard InChI is InChI=1S/C56H36N6/c1-4-14-37(15-5-1)53-58-49(34-50(59-53)48-22-12-13-31-57-48)36-25-23-35(24-26-36)40-27-29-44-46(32-40)51-42-20-10-11-21-43(42)52(44)47-33-41(28-30-45(47)51)56-61-54(38-16-6-2-7-17-38)60-55(62-56)39-18-8-3-9-19-39/h1-34,51-52H. The summed E-state index contributed by atoms with van der Waals surface area (Å²) in [5.74, 6) is 2.86. The van der Waals surface area contributed by atoms with E-state index < -0.39 is 0 Å². The number of rotatable bonds is 7. The quantitative estimate of drug-likeness (QED) is 0.160. The summed E-state index contributed by atoms with van der Waals surface area (Å²) in [6, 6.07) is 69.9. The predicted molar refractivity (Wildman–Crippen MR) is 246 cm³/mol. The normalized spacial score (nSPS) is 14.5. The number of pyridine rings is 1. The van der Waals surface area contributed by atoms with Crippen molar-refractivity contribution in [2.45, 2.75) is 11.8 Å². The highest BCUT2D eigenvalue weighted by atomic mass is 15.0. The van der Waals surface area contributed by atoms with Crippen molar-refractivity contribution in [2.24, 2.45) is 0 Å². The first-order chi connectivity index (χ1) is 30.7. The molecule has 0 radical (unpaired) electrons. The van der Waals surface area contributed by atoms with Gasteiger partial charge in [0.25, 0.3) is 0 Å². The van der Waals surface area contributed by atoms with Gasteiger partial charge < -0.3 is 0 Å². The maximum absolute atomic E-state index is 5.07. The van der Waals surface area contributed by atoms with Crippen LogP contribution in [0.2, 0.25) is 0 Å². The van der Waals surface area contributed by atoms with E-state index in [2.05, 4.69) is 114 Å². The molecule has 0 saturated carbocycles. The Hall–Kier alpha value is -8.22. The largest absolute Gasteiger partial charge is 0.255 e. The smallest absolute Gasteiger partial charge is 0.164 e. The van der Waals surface area contributed by atoms with Gasteiger partial charge in [-0.3, -0.25) is 4.98 Å². The SMILES string of the molecule is c1ccc(-c2nc(-c3ccc(-c4ccc5c(c4)C4c6ccccc6C5c5cc(-c6nc(-c7ccccc7)nc(-c7ccccc7)n6)ccc54)cc3)cc(-c3ccccn3)n2)cc1. The molecule has 13 rings (SSSR count). The van der Waals surface area contributed by atoms with Crippen molar-refractivity contribution in [3.8, 4) is 79.3 Å². The molecular formula is C56H36N6. The molecule has 0 N–H and O–H groups in total. The minimum absolute atomic E-state index is 0.0893. The van der Waals surface area contributed by atoms with Gasteiger partial charge in [0, 0.05) is 45.8 Å². The molecule has 3 aliphatic carbocycles. The highest BCUT2D eigenvalue weighted by Crippen LogP contribution is 2.56. The Balaban J connectivity index is 0.916. The molecule has 6 heteroatoms. The van der Waals surface area contributed by atoms with Crippen molar-refractivity contribution in [3.63, 3.8) is 0 Å². The molecule has 0 spiro atoms. The molecule has 0 fully saturated rings. The second kappa shape index (κ2) is 14.8. The fourth-order valence-electron chi connectivity index (χ4n) is 9.26. The summed E-state index contributed by atoms with van der Waals surface area (Å²) in [7, 11) is 0. The molecule has 290 valence electrons. The van der Waals surface area contributed by atoms with Gasteiger partial charge in [0.2, 0.25) is 0 Å². The molecule has 2 unspecified atom stereocenters. The predicted octanol–water partition coefficient (Wildman–Crippen LogP) is 12.7. The van der Waals surface area contributed by atoms with Crippen LogP contribution in [-0.2, 0) is 0 Å². The molecular weight excluding hydrogens is 757 g/mol. The Morgan fingerprint density at radius 1 is 0.242 bits per heavy atom. The van der Waals surface area contributed by atoms with E-state index in [1.54, 1.807) is 6.20 Å². The Bertz CT molecular complexity index is 3170. The maximum Gasteiger partial charge on any atom is 0.164 e. The topological polar surface area (TPSA) is 77.3 Å². The van der Waals surface area contributed by atoms with Crippen LogP contribution in [0.1, 0.15) is 45.2 Å². The molecule has 0 aliphatic heterocycles. The van der Waals surface area contributed by atoms with Crippen LogP contribution >= 0.6 is 0 Å². The number of benzene rings is 7. The van der Waals surface area contributed by atoms with Crippen LogP contribution in [0.4, 0.5) is 0 Å². The summed E-state index contributed by atoms with van der Waals surface area (Å²) >= 11 is 0. The average molecular weight is 793 g/mol. The highest BCUT2D eigenvalue weighted by molar-refractivity contribution is 5.78. The van der Waals surface area contributed by atoms with Crippen LogP contribution in [0.5, 0.6) is 0 Å². The first-order valence-electron chi connectivity index (χ1n) is 20.9. The second-order valence-corrected chi connectivity index (χ2v) is 15.8. The van der Waals surface area contributed by atoms with E-state index in [9.17, 15) is 0 Å². The molecule has 3 heterocycles. The van der Waals surface area contributed by atoms with Crippen molar-refractivity contribution < 1.29 is 0 Å². The van der Waals surface area contributed by atoms with E-state index in [1.807, 2.05) is 91.0 Å². The lowest BCUT2D eigenvalue weighted by atomic mass is 9.60. The molecule has 2 atom stereocenters. The molecule has 7 aromatic carbocycles. The molecule has 0 saturated heterocycles. The average Bonchev–Trinajstić information content (AvgIpc) is 3.36. The van der Waals surface area contributed by atoms with Gasteiger partial charge in [0.1, 0.15) is 0 Å². The van der Waals surface area contributed by atoms with E-state index in [1.165, 1.54) is 38.9 Å². The van der Waals surface area contributed by atoms with Crippen LogP contribution in [0, 0.1) is 0 Å². The molecule has 6 nitrogen and oxygen atoms in total. The monoisotopic (exact) mass is 792 g/mol. The number of hydrogen-bond acceptors (Lipinski definition) is 6. The summed E-state index contributed by atoms with van der Waals surface area (Å²) in [4.78, 5) is 29.6. The third kappa shape index (κ3) is 6.20.